The molecule has 0 saturated carbocycles. The van der Waals surface area contributed by atoms with Gasteiger partial charge in [0.2, 0.25) is 0 Å². The van der Waals surface area contributed by atoms with E-state index >= 15 is 0 Å². The first-order valence-corrected chi connectivity index (χ1v) is 11.9. The van der Waals surface area contributed by atoms with Gasteiger partial charge in [-0.1, -0.05) is 48.1 Å². The van der Waals surface area contributed by atoms with Crippen LogP contribution in [0.25, 0.3) is 21.3 Å². The summed E-state index contributed by atoms with van der Waals surface area (Å²) in [4.78, 5) is 24.6. The van der Waals surface area contributed by atoms with Crippen molar-refractivity contribution >= 4 is 27.3 Å². The summed E-state index contributed by atoms with van der Waals surface area (Å²) in [5, 5.41) is 22.0. The highest BCUT2D eigenvalue weighted by atomic mass is 32.1. The number of benzene rings is 2. The van der Waals surface area contributed by atoms with Crippen LogP contribution in [-0.4, -0.2) is 34.7 Å². The van der Waals surface area contributed by atoms with Crippen molar-refractivity contribution in [2.45, 2.75) is 44.7 Å². The first-order valence-electron chi connectivity index (χ1n) is 11.1. The molecule has 2 atom stereocenters. The zero-order valence-corrected chi connectivity index (χ0v) is 18.7. The second-order valence-electron chi connectivity index (χ2n) is 8.33. The number of nitrogens with one attached hydrogen (secondary N) is 1. The molecule has 7 heteroatoms. The molecular weight excluding hydrogens is 422 g/mol. The molecule has 1 saturated heterocycles. The minimum absolute atomic E-state index is 0.0675. The lowest BCUT2D eigenvalue weighted by atomic mass is 9.90. The van der Waals surface area contributed by atoms with Crippen LogP contribution in [0.3, 0.4) is 0 Å². The molecule has 1 fully saturated rings. The monoisotopic (exact) mass is 449 g/mol. The Kier molecular flexibility index (Phi) is 7.15. The molecule has 2 N–H and O–H groups in total. The summed E-state index contributed by atoms with van der Waals surface area (Å²) in [5.74, 6) is -0.176. The van der Waals surface area contributed by atoms with Crippen molar-refractivity contribution < 1.29 is 9.90 Å². The number of thiazole rings is 1. The van der Waals surface area contributed by atoms with E-state index in [0.717, 1.165) is 52.7 Å². The highest BCUT2D eigenvalue weighted by molar-refractivity contribution is 7.16. The van der Waals surface area contributed by atoms with Crippen LogP contribution in [0.1, 0.15) is 31.2 Å². The minimum Gasteiger partial charge on any atom is -0.395 e. The number of aliphatic hydroxyl groups excluding tert-OH is 1. The molecule has 0 spiro atoms. The summed E-state index contributed by atoms with van der Waals surface area (Å²) in [6.07, 6.45) is 3.89. The van der Waals surface area contributed by atoms with Crippen LogP contribution >= 0.6 is 11.3 Å². The lowest BCUT2D eigenvalue weighted by Crippen LogP contribution is -2.41. The average Bonchev–Trinajstić information content (AvgIpc) is 3.14. The van der Waals surface area contributed by atoms with Crippen molar-refractivity contribution in [2.24, 2.45) is 5.92 Å². The van der Waals surface area contributed by atoms with E-state index in [1.54, 1.807) is 4.57 Å². The fourth-order valence-corrected chi connectivity index (χ4v) is 5.31. The van der Waals surface area contributed by atoms with Gasteiger partial charge >= 0.3 is 4.87 Å². The number of carbonyl (C=O) groups excluding carboxylic acids is 1. The van der Waals surface area contributed by atoms with Crippen molar-refractivity contribution in [1.29, 1.82) is 5.26 Å². The molecule has 1 aliphatic rings. The molecule has 3 aromatic rings. The van der Waals surface area contributed by atoms with Gasteiger partial charge < -0.3 is 10.4 Å². The molecule has 6 nitrogen and oxygen atoms in total. The predicted octanol–water partition coefficient (Wildman–Crippen LogP) is 3.51. The van der Waals surface area contributed by atoms with Gasteiger partial charge in [0.25, 0.3) is 0 Å². The van der Waals surface area contributed by atoms with Crippen LogP contribution in [0.5, 0.6) is 0 Å². The maximum atomic E-state index is 12.5. The van der Waals surface area contributed by atoms with E-state index in [2.05, 4.69) is 11.4 Å². The maximum Gasteiger partial charge on any atom is 0.308 e. The van der Waals surface area contributed by atoms with Crippen molar-refractivity contribution in [3.05, 3.63) is 57.7 Å². The van der Waals surface area contributed by atoms with Gasteiger partial charge in [0.15, 0.2) is 5.78 Å². The largest absolute Gasteiger partial charge is 0.395 e. The predicted molar refractivity (Wildman–Crippen MR) is 127 cm³/mol. The molecule has 32 heavy (non-hydrogen) atoms. The van der Waals surface area contributed by atoms with E-state index in [1.807, 2.05) is 42.5 Å². The van der Waals surface area contributed by atoms with Gasteiger partial charge in [0, 0.05) is 6.42 Å². The van der Waals surface area contributed by atoms with Crippen LogP contribution < -0.4 is 10.2 Å². The van der Waals surface area contributed by atoms with E-state index in [1.165, 1.54) is 11.3 Å². The highest BCUT2D eigenvalue weighted by Gasteiger charge is 2.23. The summed E-state index contributed by atoms with van der Waals surface area (Å²) in [6, 6.07) is 16.2. The second-order valence-corrected chi connectivity index (χ2v) is 9.32. The highest BCUT2D eigenvalue weighted by Crippen LogP contribution is 2.27. The van der Waals surface area contributed by atoms with Crippen LogP contribution in [-0.2, 0) is 17.8 Å². The number of aromatic nitrogens is 1. The zero-order valence-electron chi connectivity index (χ0n) is 17.9. The standard InChI is InChI=1S/C25H27N3O3S/c26-16-18(14-23(30)21-3-1-2-10-27-21)13-17-4-6-19(7-5-17)20-8-9-22-24(15-20)32-25(31)28(22)11-12-29/h4-9,15,18,21,27,29H,1-3,10-14H2/t18-,21+/m1/s1. The molecule has 0 bridgehead atoms. The Morgan fingerprint density at radius 3 is 2.69 bits per heavy atom. The molecule has 2 aromatic carbocycles. The number of nitriles is 1. The zero-order chi connectivity index (χ0) is 22.5. The van der Waals surface area contributed by atoms with Gasteiger partial charge in [0.1, 0.15) is 0 Å². The third-order valence-electron chi connectivity index (χ3n) is 6.09. The number of piperidine rings is 1. The SMILES string of the molecule is N#C[C@@H](CC(=O)[C@@H]1CCCCN1)Cc1ccc(-c2ccc3c(c2)sc(=O)n3CCO)cc1. The van der Waals surface area contributed by atoms with Gasteiger partial charge in [0.05, 0.1) is 41.4 Å². The van der Waals surface area contributed by atoms with Gasteiger partial charge in [-0.3, -0.25) is 14.2 Å². The molecular formula is C25H27N3O3S. The molecule has 1 aliphatic heterocycles. The summed E-state index contributed by atoms with van der Waals surface area (Å²) in [6.45, 7) is 1.11. The third kappa shape index (κ3) is 4.99. The smallest absolute Gasteiger partial charge is 0.308 e. The molecule has 2 heterocycles. The number of fused-ring (bicyclic) bond motifs is 1. The first kappa shape index (κ1) is 22.4. The Labute approximate surface area is 191 Å². The van der Waals surface area contributed by atoms with Crippen molar-refractivity contribution in [3.8, 4) is 17.2 Å². The number of hydrogen-bond donors (Lipinski definition) is 2. The van der Waals surface area contributed by atoms with E-state index in [9.17, 15) is 20.0 Å². The summed E-state index contributed by atoms with van der Waals surface area (Å²) < 4.78 is 2.49. The van der Waals surface area contributed by atoms with Crippen molar-refractivity contribution in [1.82, 2.24) is 9.88 Å². The van der Waals surface area contributed by atoms with Gasteiger partial charge in [-0.15, -0.1) is 0 Å². The number of aliphatic hydroxyl groups is 1. The van der Waals surface area contributed by atoms with Crippen LogP contribution in [0, 0.1) is 17.2 Å². The average molecular weight is 450 g/mol. The number of carbonyl (C=O) groups is 1. The summed E-state index contributed by atoms with van der Waals surface area (Å²) >= 11 is 1.18. The molecule has 4 rings (SSSR count). The summed E-state index contributed by atoms with van der Waals surface area (Å²) in [7, 11) is 0. The number of nitrogens with zero attached hydrogens (tertiary/aromatic N) is 2. The molecule has 0 aliphatic carbocycles. The third-order valence-corrected chi connectivity index (χ3v) is 7.03. The summed E-state index contributed by atoms with van der Waals surface area (Å²) in [5.41, 5.74) is 3.91. The van der Waals surface area contributed by atoms with E-state index < -0.39 is 0 Å². The van der Waals surface area contributed by atoms with Gasteiger partial charge in [-0.25, -0.2) is 0 Å². The van der Waals surface area contributed by atoms with Gasteiger partial charge in [-0.05, 0) is 54.6 Å². The lowest BCUT2D eigenvalue weighted by Gasteiger charge is -2.23. The van der Waals surface area contributed by atoms with E-state index in [0.29, 0.717) is 13.0 Å². The molecule has 0 amide bonds. The molecule has 0 unspecified atom stereocenters. The van der Waals surface area contributed by atoms with Crippen LogP contribution in [0.2, 0.25) is 0 Å². The Morgan fingerprint density at radius 2 is 2.00 bits per heavy atom. The molecule has 1 aromatic heterocycles. The molecule has 0 radical (unpaired) electrons. The fourth-order valence-electron chi connectivity index (χ4n) is 4.35. The quantitative estimate of drug-likeness (QED) is 0.549. The normalized spacial score (nSPS) is 17.2. The molecule has 166 valence electrons. The first-order chi connectivity index (χ1) is 15.6. The van der Waals surface area contributed by atoms with Crippen LogP contribution in [0.4, 0.5) is 0 Å². The minimum atomic E-state index is -0.322. The Balaban J connectivity index is 1.45. The van der Waals surface area contributed by atoms with Crippen LogP contribution in [0.15, 0.2) is 47.3 Å². The number of Topliss-reactive ketones (excluding diaryl/α,β-unsaturated/α-hetero) is 1. The second kappa shape index (κ2) is 10.2. The number of hydrogen-bond acceptors (Lipinski definition) is 6. The van der Waals surface area contributed by atoms with Crippen molar-refractivity contribution in [3.63, 3.8) is 0 Å². The topological polar surface area (TPSA) is 95.1 Å². The lowest BCUT2D eigenvalue weighted by molar-refractivity contribution is -0.122. The van der Waals surface area contributed by atoms with Gasteiger partial charge in [-0.2, -0.15) is 5.26 Å². The Morgan fingerprint density at radius 1 is 1.22 bits per heavy atom. The Hall–Kier alpha value is -2.79. The van der Waals surface area contributed by atoms with E-state index in [-0.39, 0.29) is 35.6 Å². The van der Waals surface area contributed by atoms with Crippen molar-refractivity contribution in [2.75, 3.05) is 13.2 Å². The number of ketones is 1. The Bertz CT molecular complexity index is 1180. The number of rotatable bonds is 8. The fraction of sp³-hybridized carbons (Fsp3) is 0.400. The maximum absolute atomic E-state index is 12.5. The van der Waals surface area contributed by atoms with E-state index in [4.69, 9.17) is 0 Å².